The number of carbonyl (C=O) groups is 1. The maximum atomic E-state index is 13.3. The normalized spacial score (nSPS) is 24.7. The summed E-state index contributed by atoms with van der Waals surface area (Å²) in [5.41, 5.74) is 1.27. The third-order valence-electron chi connectivity index (χ3n) is 5.59. The minimum absolute atomic E-state index is 0.0583. The van der Waals surface area contributed by atoms with Gasteiger partial charge in [-0.1, -0.05) is 17.7 Å². The van der Waals surface area contributed by atoms with Crippen LogP contribution in [-0.4, -0.2) is 46.5 Å². The van der Waals surface area contributed by atoms with Crippen molar-refractivity contribution in [2.24, 2.45) is 11.8 Å². The average molecular weight is 370 g/mol. The van der Waals surface area contributed by atoms with Crippen molar-refractivity contribution in [1.29, 1.82) is 0 Å². The van der Waals surface area contributed by atoms with E-state index in [4.69, 9.17) is 4.74 Å². The second kappa shape index (κ2) is 7.27. The molecule has 1 aromatic heterocycles. The van der Waals surface area contributed by atoms with Crippen LogP contribution in [0.1, 0.15) is 28.9 Å². The van der Waals surface area contributed by atoms with E-state index in [9.17, 15) is 14.3 Å². The number of fused-ring (bicyclic) bond motifs is 1. The highest BCUT2D eigenvalue weighted by Gasteiger charge is 2.42. The molecule has 142 valence electrons. The molecule has 1 saturated carbocycles. The van der Waals surface area contributed by atoms with Gasteiger partial charge in [-0.05, 0) is 55.9 Å². The fraction of sp³-hybridized carbons (Fsp3) is 0.429. The van der Waals surface area contributed by atoms with Gasteiger partial charge in [0.2, 0.25) is 0 Å². The molecule has 2 aromatic rings. The number of aromatic hydroxyl groups is 1. The van der Waals surface area contributed by atoms with Crippen LogP contribution in [0.3, 0.4) is 0 Å². The number of likely N-dealkylation sites (tertiary alicyclic amines) is 1. The fourth-order valence-corrected chi connectivity index (χ4v) is 4.24. The standard InChI is InChI=1S/C21H23FN2O3/c1-13-2-4-16(5-3-13)27-17-8-14-10-24(11-15(14)9-17)12-20(26)18-6-7-19(25)21(22)23-18/h2-7,14-15,17,25H,8-12H2,1H3/t14-,15+,17+. The summed E-state index contributed by atoms with van der Waals surface area (Å²) in [7, 11) is 0. The summed E-state index contributed by atoms with van der Waals surface area (Å²) in [5.74, 6) is 0.201. The molecule has 0 bridgehead atoms. The van der Waals surface area contributed by atoms with Gasteiger partial charge in [-0.25, -0.2) is 4.98 Å². The number of aryl methyl sites for hydroxylation is 1. The van der Waals surface area contributed by atoms with Gasteiger partial charge >= 0.3 is 0 Å². The van der Waals surface area contributed by atoms with Crippen LogP contribution in [0.4, 0.5) is 4.39 Å². The fourth-order valence-electron chi connectivity index (χ4n) is 4.24. The Morgan fingerprint density at radius 3 is 2.48 bits per heavy atom. The predicted molar refractivity (Wildman–Crippen MR) is 98.4 cm³/mol. The van der Waals surface area contributed by atoms with Gasteiger partial charge in [0, 0.05) is 13.1 Å². The van der Waals surface area contributed by atoms with Gasteiger partial charge in [0.15, 0.2) is 11.5 Å². The Balaban J connectivity index is 1.30. The van der Waals surface area contributed by atoms with E-state index in [2.05, 4.69) is 28.9 Å². The number of ketones is 1. The monoisotopic (exact) mass is 370 g/mol. The molecule has 0 amide bonds. The lowest BCUT2D eigenvalue weighted by molar-refractivity contribution is 0.0930. The van der Waals surface area contributed by atoms with E-state index in [0.29, 0.717) is 11.8 Å². The van der Waals surface area contributed by atoms with E-state index < -0.39 is 11.7 Å². The molecule has 1 aromatic carbocycles. The highest BCUT2D eigenvalue weighted by atomic mass is 19.1. The Morgan fingerprint density at radius 2 is 1.85 bits per heavy atom. The molecule has 1 N–H and O–H groups in total. The molecule has 0 spiro atoms. The molecular weight excluding hydrogens is 347 g/mol. The van der Waals surface area contributed by atoms with Crippen LogP contribution in [0.25, 0.3) is 0 Å². The predicted octanol–water partition coefficient (Wildman–Crippen LogP) is 3.21. The van der Waals surface area contributed by atoms with E-state index in [1.54, 1.807) is 0 Å². The molecule has 4 rings (SSSR count). The lowest BCUT2D eigenvalue weighted by Crippen LogP contribution is -2.30. The second-order valence-electron chi connectivity index (χ2n) is 7.67. The first-order chi connectivity index (χ1) is 13.0. The number of nitrogens with zero attached hydrogens (tertiary/aromatic N) is 2. The molecule has 1 aliphatic carbocycles. The number of rotatable bonds is 5. The second-order valence-corrected chi connectivity index (χ2v) is 7.67. The Labute approximate surface area is 157 Å². The van der Waals surface area contributed by atoms with Crippen molar-refractivity contribution in [1.82, 2.24) is 9.88 Å². The van der Waals surface area contributed by atoms with Gasteiger partial charge in [-0.2, -0.15) is 4.39 Å². The summed E-state index contributed by atoms with van der Waals surface area (Å²) in [5, 5.41) is 9.19. The van der Waals surface area contributed by atoms with Crippen molar-refractivity contribution in [3.8, 4) is 11.5 Å². The van der Waals surface area contributed by atoms with Crippen molar-refractivity contribution in [2.45, 2.75) is 25.9 Å². The summed E-state index contributed by atoms with van der Waals surface area (Å²) < 4.78 is 19.5. The Kier molecular flexibility index (Phi) is 4.83. The zero-order chi connectivity index (χ0) is 19.0. The summed E-state index contributed by atoms with van der Waals surface area (Å²) in [6.45, 7) is 3.99. The number of ether oxygens (including phenoxy) is 1. The third-order valence-corrected chi connectivity index (χ3v) is 5.59. The van der Waals surface area contributed by atoms with Crippen molar-refractivity contribution >= 4 is 5.78 Å². The van der Waals surface area contributed by atoms with Crippen LogP contribution >= 0.6 is 0 Å². The van der Waals surface area contributed by atoms with Gasteiger partial charge in [-0.15, -0.1) is 0 Å². The molecule has 3 atom stereocenters. The molecule has 0 radical (unpaired) electrons. The van der Waals surface area contributed by atoms with Crippen LogP contribution in [-0.2, 0) is 0 Å². The van der Waals surface area contributed by atoms with Crippen LogP contribution < -0.4 is 4.74 Å². The largest absolute Gasteiger partial charge is 0.504 e. The van der Waals surface area contributed by atoms with Gasteiger partial charge in [0.1, 0.15) is 11.4 Å². The number of benzene rings is 1. The van der Waals surface area contributed by atoms with Crippen LogP contribution in [0.15, 0.2) is 36.4 Å². The first kappa shape index (κ1) is 17.9. The summed E-state index contributed by atoms with van der Waals surface area (Å²) in [6.07, 6.45) is 2.22. The summed E-state index contributed by atoms with van der Waals surface area (Å²) in [6, 6.07) is 10.7. The molecule has 6 heteroatoms. The molecule has 27 heavy (non-hydrogen) atoms. The number of Topliss-reactive ketones (excluding diaryl/α,β-unsaturated/α-hetero) is 1. The average Bonchev–Trinajstić information content (AvgIpc) is 3.17. The summed E-state index contributed by atoms with van der Waals surface area (Å²) in [4.78, 5) is 18.0. The highest BCUT2D eigenvalue weighted by molar-refractivity contribution is 5.95. The third kappa shape index (κ3) is 3.95. The number of aromatic nitrogens is 1. The highest BCUT2D eigenvalue weighted by Crippen LogP contribution is 2.39. The first-order valence-corrected chi connectivity index (χ1v) is 9.32. The van der Waals surface area contributed by atoms with Crippen molar-refractivity contribution in [3.05, 3.63) is 53.6 Å². The van der Waals surface area contributed by atoms with Crippen molar-refractivity contribution < 1.29 is 19.0 Å². The van der Waals surface area contributed by atoms with Crippen LogP contribution in [0, 0.1) is 24.7 Å². The Bertz CT molecular complexity index is 826. The van der Waals surface area contributed by atoms with Gasteiger partial charge in [0.25, 0.3) is 5.95 Å². The van der Waals surface area contributed by atoms with E-state index in [1.165, 1.54) is 17.7 Å². The molecule has 2 heterocycles. The first-order valence-electron chi connectivity index (χ1n) is 9.32. The molecule has 2 aliphatic rings. The molecule has 5 nitrogen and oxygen atoms in total. The Morgan fingerprint density at radius 1 is 1.19 bits per heavy atom. The minimum Gasteiger partial charge on any atom is -0.504 e. The molecular formula is C21H23FN2O3. The number of hydrogen-bond acceptors (Lipinski definition) is 5. The van der Waals surface area contributed by atoms with E-state index in [0.717, 1.165) is 31.7 Å². The molecule has 1 aliphatic heterocycles. The van der Waals surface area contributed by atoms with Crippen molar-refractivity contribution in [2.75, 3.05) is 19.6 Å². The minimum atomic E-state index is -1.00. The Hall–Kier alpha value is -2.47. The van der Waals surface area contributed by atoms with Gasteiger partial charge in [-0.3, -0.25) is 9.69 Å². The van der Waals surface area contributed by atoms with Crippen molar-refractivity contribution in [3.63, 3.8) is 0 Å². The smallest absolute Gasteiger partial charge is 0.255 e. The number of carbonyl (C=O) groups excluding carboxylic acids is 1. The molecule has 1 saturated heterocycles. The topological polar surface area (TPSA) is 62.7 Å². The zero-order valence-corrected chi connectivity index (χ0v) is 15.3. The summed E-state index contributed by atoms with van der Waals surface area (Å²) >= 11 is 0. The van der Waals surface area contributed by atoms with Gasteiger partial charge < -0.3 is 9.84 Å². The zero-order valence-electron chi connectivity index (χ0n) is 15.3. The van der Waals surface area contributed by atoms with Gasteiger partial charge in [0.05, 0.1) is 12.6 Å². The lowest BCUT2D eigenvalue weighted by atomic mass is 10.0. The number of halogens is 1. The van der Waals surface area contributed by atoms with E-state index >= 15 is 0 Å². The van der Waals surface area contributed by atoms with E-state index in [-0.39, 0.29) is 24.1 Å². The SMILES string of the molecule is Cc1ccc(O[C@H]2C[C@@H]3CN(CC(=O)c4ccc(O)c(F)n4)C[C@@H]3C2)cc1. The number of pyridine rings is 1. The maximum Gasteiger partial charge on any atom is 0.255 e. The van der Waals surface area contributed by atoms with E-state index in [1.807, 2.05) is 12.1 Å². The number of hydrogen-bond donors (Lipinski definition) is 1. The molecule has 2 fully saturated rings. The quantitative estimate of drug-likeness (QED) is 0.647. The van der Waals surface area contributed by atoms with Crippen LogP contribution in [0.5, 0.6) is 11.5 Å². The van der Waals surface area contributed by atoms with Crippen LogP contribution in [0.2, 0.25) is 0 Å². The maximum absolute atomic E-state index is 13.3. The molecule has 0 unspecified atom stereocenters. The lowest BCUT2D eigenvalue weighted by Gasteiger charge is -2.19.